The van der Waals surface area contributed by atoms with E-state index >= 15 is 0 Å². The molecule has 3 N–H and O–H groups in total. The predicted molar refractivity (Wildman–Crippen MR) is 125 cm³/mol. The number of morpholine rings is 1. The van der Waals surface area contributed by atoms with Crippen LogP contribution >= 0.6 is 23.8 Å². The molecule has 1 saturated heterocycles. The molecule has 0 spiro atoms. The molecule has 1 aromatic carbocycles. The van der Waals surface area contributed by atoms with Crippen LogP contribution in [-0.4, -0.2) is 65.3 Å². The first kappa shape index (κ1) is 22.4. The molecule has 0 amide bonds. The van der Waals surface area contributed by atoms with Crippen molar-refractivity contribution in [2.24, 2.45) is 4.99 Å². The third-order valence-corrected chi connectivity index (χ3v) is 4.89. The second-order valence-corrected chi connectivity index (χ2v) is 7.66. The molecule has 0 atom stereocenters. The number of anilines is 2. The van der Waals surface area contributed by atoms with Gasteiger partial charge in [0, 0.05) is 31.0 Å². The second kappa shape index (κ2) is 11.2. The molecule has 10 heteroatoms. The highest BCUT2D eigenvalue weighted by Gasteiger charge is 2.11. The van der Waals surface area contributed by atoms with Crippen molar-refractivity contribution in [1.29, 1.82) is 0 Å². The number of halogens is 1. The standard InChI is InChI=1S/C20H26ClN7OS/c1-14-13-15(2)24-19(23-14)26-18(22-7-8-28-9-11-29-12-10-28)27-20(30)25-17-6-4-3-5-16(17)21/h3-6,13H,7-12H2,1-2H3,(H3,22,23,24,25,26,27,30). The molecule has 1 aromatic heterocycles. The van der Waals surface area contributed by atoms with Gasteiger partial charge in [-0.25, -0.2) is 9.97 Å². The Labute approximate surface area is 187 Å². The average molecular weight is 448 g/mol. The number of hydrogen-bond donors (Lipinski definition) is 3. The minimum atomic E-state index is 0.366. The van der Waals surface area contributed by atoms with Gasteiger partial charge in [-0.15, -0.1) is 0 Å². The number of aryl methyl sites for hydroxylation is 2. The van der Waals surface area contributed by atoms with E-state index in [1.54, 1.807) is 6.07 Å². The van der Waals surface area contributed by atoms with Gasteiger partial charge in [0.2, 0.25) is 11.9 Å². The van der Waals surface area contributed by atoms with Gasteiger partial charge in [-0.2, -0.15) is 0 Å². The number of aromatic nitrogens is 2. The SMILES string of the molecule is Cc1cc(C)nc(NC(=NCCN2CCOCC2)NC(=S)Nc2ccccc2Cl)n1. The highest BCUT2D eigenvalue weighted by Crippen LogP contribution is 2.20. The number of thiocarbonyl (C=S) groups is 1. The van der Waals surface area contributed by atoms with Gasteiger partial charge in [-0.3, -0.25) is 15.2 Å². The zero-order valence-corrected chi connectivity index (χ0v) is 18.7. The molecule has 1 aliphatic heterocycles. The number of guanidine groups is 1. The first-order chi connectivity index (χ1) is 14.5. The van der Waals surface area contributed by atoms with Gasteiger partial charge in [0.05, 0.1) is 30.5 Å². The summed E-state index contributed by atoms with van der Waals surface area (Å²) in [5, 5.41) is 10.3. The first-order valence-corrected chi connectivity index (χ1v) is 10.5. The molecule has 1 aliphatic rings. The summed E-state index contributed by atoms with van der Waals surface area (Å²) in [7, 11) is 0. The summed E-state index contributed by atoms with van der Waals surface area (Å²) in [5.74, 6) is 0.934. The summed E-state index contributed by atoms with van der Waals surface area (Å²) in [4.78, 5) is 15.8. The van der Waals surface area contributed by atoms with E-state index in [4.69, 9.17) is 28.6 Å². The van der Waals surface area contributed by atoms with Crippen molar-refractivity contribution >= 4 is 46.5 Å². The zero-order chi connectivity index (χ0) is 21.3. The Morgan fingerprint density at radius 1 is 1.17 bits per heavy atom. The van der Waals surface area contributed by atoms with Crippen LogP contribution in [0.15, 0.2) is 35.3 Å². The van der Waals surface area contributed by atoms with E-state index in [-0.39, 0.29) is 0 Å². The Bertz CT molecular complexity index is 882. The highest BCUT2D eigenvalue weighted by molar-refractivity contribution is 7.80. The Morgan fingerprint density at radius 2 is 1.87 bits per heavy atom. The van der Waals surface area contributed by atoms with E-state index in [2.05, 4.69) is 35.8 Å². The fourth-order valence-corrected chi connectivity index (χ4v) is 3.34. The maximum Gasteiger partial charge on any atom is 0.229 e. The molecule has 2 heterocycles. The normalized spacial score (nSPS) is 15.0. The minimum Gasteiger partial charge on any atom is -0.379 e. The maximum atomic E-state index is 6.21. The van der Waals surface area contributed by atoms with Gasteiger partial charge in [-0.1, -0.05) is 23.7 Å². The number of nitrogens with one attached hydrogen (secondary N) is 3. The second-order valence-electron chi connectivity index (χ2n) is 6.84. The summed E-state index contributed by atoms with van der Waals surface area (Å²) in [6.07, 6.45) is 0. The van der Waals surface area contributed by atoms with Crippen molar-refractivity contribution in [3.05, 3.63) is 46.7 Å². The van der Waals surface area contributed by atoms with Gasteiger partial charge >= 0.3 is 0 Å². The molecule has 0 aliphatic carbocycles. The smallest absolute Gasteiger partial charge is 0.229 e. The highest BCUT2D eigenvalue weighted by atomic mass is 35.5. The van der Waals surface area contributed by atoms with Crippen molar-refractivity contribution in [3.63, 3.8) is 0 Å². The lowest BCUT2D eigenvalue weighted by Crippen LogP contribution is -2.41. The average Bonchev–Trinajstić information content (AvgIpc) is 2.70. The Morgan fingerprint density at radius 3 is 2.57 bits per heavy atom. The van der Waals surface area contributed by atoms with Crippen molar-refractivity contribution in [3.8, 4) is 0 Å². The summed E-state index contributed by atoms with van der Waals surface area (Å²) in [6, 6.07) is 9.31. The molecule has 8 nitrogen and oxygen atoms in total. The summed E-state index contributed by atoms with van der Waals surface area (Å²) in [6.45, 7) is 8.61. The summed E-state index contributed by atoms with van der Waals surface area (Å²) < 4.78 is 5.39. The summed E-state index contributed by atoms with van der Waals surface area (Å²) in [5.41, 5.74) is 2.45. The van der Waals surface area contributed by atoms with Crippen molar-refractivity contribution in [2.75, 3.05) is 50.0 Å². The van der Waals surface area contributed by atoms with Crippen molar-refractivity contribution in [2.45, 2.75) is 13.8 Å². The number of aliphatic imine (C=N–C) groups is 1. The Kier molecular flexibility index (Phi) is 8.32. The number of rotatable bonds is 5. The molecule has 30 heavy (non-hydrogen) atoms. The molecule has 3 rings (SSSR count). The molecule has 0 unspecified atom stereocenters. The van der Waals surface area contributed by atoms with Crippen LogP contribution in [0.3, 0.4) is 0 Å². The lowest BCUT2D eigenvalue weighted by atomic mass is 10.3. The van der Waals surface area contributed by atoms with Crippen LogP contribution in [0.4, 0.5) is 11.6 Å². The van der Waals surface area contributed by atoms with E-state index in [1.807, 2.05) is 38.1 Å². The van der Waals surface area contributed by atoms with Gasteiger partial charge < -0.3 is 15.4 Å². The topological polar surface area (TPSA) is 86.7 Å². The largest absolute Gasteiger partial charge is 0.379 e. The molecular weight excluding hydrogens is 422 g/mol. The first-order valence-electron chi connectivity index (χ1n) is 9.76. The molecule has 0 bridgehead atoms. The van der Waals surface area contributed by atoms with E-state index < -0.39 is 0 Å². The van der Waals surface area contributed by atoms with Gasteiger partial charge in [-0.05, 0) is 44.3 Å². The third kappa shape index (κ3) is 7.17. The number of nitrogens with zero attached hydrogens (tertiary/aromatic N) is 4. The maximum absolute atomic E-state index is 6.21. The van der Waals surface area contributed by atoms with E-state index in [9.17, 15) is 0 Å². The monoisotopic (exact) mass is 447 g/mol. The van der Waals surface area contributed by atoms with Gasteiger partial charge in [0.15, 0.2) is 5.11 Å². The molecule has 0 saturated carbocycles. The van der Waals surface area contributed by atoms with Crippen LogP contribution in [0, 0.1) is 13.8 Å². The van der Waals surface area contributed by atoms with Crippen molar-refractivity contribution in [1.82, 2.24) is 20.2 Å². The summed E-state index contributed by atoms with van der Waals surface area (Å²) >= 11 is 11.7. The Hall–Kier alpha value is -2.33. The zero-order valence-electron chi connectivity index (χ0n) is 17.1. The van der Waals surface area contributed by atoms with E-state index in [0.717, 1.165) is 44.2 Å². The minimum absolute atomic E-state index is 0.366. The number of para-hydroxylation sites is 1. The quantitative estimate of drug-likeness (QED) is 0.366. The fraction of sp³-hybridized carbons (Fsp3) is 0.400. The van der Waals surface area contributed by atoms with Gasteiger partial charge in [0.1, 0.15) is 0 Å². The number of ether oxygens (including phenoxy) is 1. The van der Waals surface area contributed by atoms with Crippen LogP contribution in [-0.2, 0) is 4.74 Å². The Balaban J connectivity index is 1.67. The third-order valence-electron chi connectivity index (χ3n) is 4.36. The lowest BCUT2D eigenvalue weighted by Gasteiger charge is -2.25. The van der Waals surface area contributed by atoms with Crippen LogP contribution in [0.5, 0.6) is 0 Å². The van der Waals surface area contributed by atoms with E-state index in [1.165, 1.54) is 0 Å². The van der Waals surface area contributed by atoms with Crippen LogP contribution in [0.1, 0.15) is 11.4 Å². The molecular formula is C20H26ClN7OS. The van der Waals surface area contributed by atoms with Crippen molar-refractivity contribution < 1.29 is 4.74 Å². The van der Waals surface area contributed by atoms with Gasteiger partial charge in [0.25, 0.3) is 0 Å². The molecule has 160 valence electrons. The lowest BCUT2D eigenvalue weighted by molar-refractivity contribution is 0.0394. The van der Waals surface area contributed by atoms with Crippen LogP contribution in [0.2, 0.25) is 5.02 Å². The number of hydrogen-bond acceptors (Lipinski definition) is 6. The predicted octanol–water partition coefficient (Wildman–Crippen LogP) is 2.83. The fourth-order valence-electron chi connectivity index (χ4n) is 2.95. The number of benzene rings is 1. The molecule has 2 aromatic rings. The van der Waals surface area contributed by atoms with Crippen LogP contribution in [0.25, 0.3) is 0 Å². The van der Waals surface area contributed by atoms with E-state index in [0.29, 0.717) is 34.3 Å². The van der Waals surface area contributed by atoms with Crippen LogP contribution < -0.4 is 16.0 Å². The molecule has 1 fully saturated rings. The molecule has 0 radical (unpaired) electrons.